The van der Waals surface area contributed by atoms with Gasteiger partial charge in [0.25, 0.3) is 0 Å². The summed E-state index contributed by atoms with van der Waals surface area (Å²) in [4.78, 5) is 11.2. The highest BCUT2D eigenvalue weighted by molar-refractivity contribution is 5.73. The lowest BCUT2D eigenvalue weighted by molar-refractivity contribution is -0.347. The van der Waals surface area contributed by atoms with Gasteiger partial charge in [0.2, 0.25) is 0 Å². The Bertz CT molecular complexity index is 431. The van der Waals surface area contributed by atoms with Crippen LogP contribution in [0.25, 0.3) is 0 Å². The number of aliphatic hydroxyl groups is 6. The molecule has 0 aromatic heterocycles. The Morgan fingerprint density at radius 3 is 2.04 bits per heavy atom. The van der Waals surface area contributed by atoms with Crippen LogP contribution in [0.4, 0.5) is 0 Å². The fraction of sp³-hybridized carbons (Fsp3) is 0.917. The van der Waals surface area contributed by atoms with Gasteiger partial charge in [-0.15, -0.1) is 0 Å². The molecule has 10 atom stereocenters. The summed E-state index contributed by atoms with van der Waals surface area (Å²) in [6.45, 7) is 1.39. The first-order valence-corrected chi connectivity index (χ1v) is 6.92. The summed E-state index contributed by atoms with van der Waals surface area (Å²) in [5.41, 5.74) is 0. The van der Waals surface area contributed by atoms with Crippen molar-refractivity contribution >= 4 is 5.97 Å². The summed E-state index contributed by atoms with van der Waals surface area (Å²) < 4.78 is 15.0. The van der Waals surface area contributed by atoms with Gasteiger partial charge in [-0.25, -0.2) is 4.79 Å². The largest absolute Gasteiger partial charge is 0.479 e. The number of aliphatic hydroxyl groups excluding tert-OH is 6. The van der Waals surface area contributed by atoms with Crippen molar-refractivity contribution in [2.24, 2.45) is 0 Å². The number of hydrogen-bond donors (Lipinski definition) is 7. The van der Waals surface area contributed by atoms with Crippen LogP contribution in [0.1, 0.15) is 6.92 Å². The second kappa shape index (κ2) is 6.93. The van der Waals surface area contributed by atoms with E-state index in [0.29, 0.717) is 0 Å². The molecule has 23 heavy (non-hydrogen) atoms. The molecule has 0 aromatic rings. The molecule has 2 aliphatic rings. The van der Waals surface area contributed by atoms with Gasteiger partial charge in [-0.05, 0) is 6.92 Å². The fourth-order valence-electron chi connectivity index (χ4n) is 2.48. The molecular weight excluding hydrogens is 320 g/mol. The number of hydrogen-bond acceptors (Lipinski definition) is 10. The van der Waals surface area contributed by atoms with Crippen molar-refractivity contribution in [3.05, 3.63) is 0 Å². The Kier molecular flexibility index (Phi) is 5.56. The second-order valence-electron chi connectivity index (χ2n) is 5.55. The van der Waals surface area contributed by atoms with Gasteiger partial charge >= 0.3 is 5.97 Å². The predicted octanol–water partition coefficient (Wildman–Crippen LogP) is -4.28. The standard InChI is InChI=1S/C12H20O11/c1-2-3(13)4(14)7(17)12(21-2)23-8-5(15)6(16)11(20)22-9(8)10(18)19/h2-9,11-17,20H,1H3,(H,18,19)/t2-,3-,4+,5+,6+,7+,8+,9-,11+,12-/m0/s1. The van der Waals surface area contributed by atoms with E-state index >= 15 is 0 Å². The molecule has 0 amide bonds. The smallest absolute Gasteiger partial charge is 0.335 e. The van der Waals surface area contributed by atoms with Crippen LogP contribution >= 0.6 is 0 Å². The van der Waals surface area contributed by atoms with E-state index < -0.39 is 67.4 Å². The average Bonchev–Trinajstić information content (AvgIpc) is 2.50. The Hall–Kier alpha value is -0.890. The summed E-state index contributed by atoms with van der Waals surface area (Å²) in [6.07, 6.45) is -16.4. The summed E-state index contributed by atoms with van der Waals surface area (Å²) in [7, 11) is 0. The number of carboxylic acids is 1. The maximum absolute atomic E-state index is 11.2. The van der Waals surface area contributed by atoms with E-state index in [0.717, 1.165) is 0 Å². The quantitative estimate of drug-likeness (QED) is 0.263. The molecule has 2 rings (SSSR count). The van der Waals surface area contributed by atoms with E-state index in [4.69, 9.17) is 14.6 Å². The molecule has 11 nitrogen and oxygen atoms in total. The Morgan fingerprint density at radius 2 is 1.48 bits per heavy atom. The molecule has 2 saturated heterocycles. The third kappa shape index (κ3) is 3.47. The van der Waals surface area contributed by atoms with Crippen LogP contribution in [0.2, 0.25) is 0 Å². The lowest BCUT2D eigenvalue weighted by atomic mass is 9.97. The van der Waals surface area contributed by atoms with Gasteiger partial charge in [0, 0.05) is 0 Å². The van der Waals surface area contributed by atoms with Gasteiger partial charge in [-0.1, -0.05) is 0 Å². The monoisotopic (exact) mass is 340 g/mol. The normalized spacial score (nSPS) is 51.4. The summed E-state index contributed by atoms with van der Waals surface area (Å²) in [5.74, 6) is -1.58. The molecular formula is C12H20O11. The zero-order valence-electron chi connectivity index (χ0n) is 12.0. The van der Waals surface area contributed by atoms with Crippen LogP contribution in [0.3, 0.4) is 0 Å². The Morgan fingerprint density at radius 1 is 0.870 bits per heavy atom. The number of rotatable bonds is 3. The minimum atomic E-state index is -1.94. The van der Waals surface area contributed by atoms with E-state index in [-0.39, 0.29) is 0 Å². The number of carbonyl (C=O) groups is 1. The van der Waals surface area contributed by atoms with E-state index in [1.165, 1.54) is 6.92 Å². The van der Waals surface area contributed by atoms with Gasteiger partial charge < -0.3 is 50.0 Å². The minimum absolute atomic E-state index is 0.946. The molecule has 0 spiro atoms. The highest BCUT2D eigenvalue weighted by atomic mass is 16.7. The van der Waals surface area contributed by atoms with E-state index in [1.807, 2.05) is 0 Å². The van der Waals surface area contributed by atoms with Gasteiger partial charge in [-0.3, -0.25) is 0 Å². The average molecular weight is 340 g/mol. The molecule has 2 heterocycles. The summed E-state index contributed by atoms with van der Waals surface area (Å²) in [6, 6.07) is 0. The molecule has 7 N–H and O–H groups in total. The van der Waals surface area contributed by atoms with Crippen molar-refractivity contribution in [2.45, 2.75) is 68.3 Å². The molecule has 0 bridgehead atoms. The van der Waals surface area contributed by atoms with Crippen LogP contribution in [0, 0.1) is 0 Å². The van der Waals surface area contributed by atoms with Crippen molar-refractivity contribution in [1.82, 2.24) is 0 Å². The minimum Gasteiger partial charge on any atom is -0.479 e. The first kappa shape index (κ1) is 18.4. The fourth-order valence-corrected chi connectivity index (χ4v) is 2.48. The van der Waals surface area contributed by atoms with Gasteiger partial charge in [-0.2, -0.15) is 0 Å². The molecule has 0 aromatic carbocycles. The predicted molar refractivity (Wildman–Crippen MR) is 67.8 cm³/mol. The zero-order chi connectivity index (χ0) is 17.5. The SMILES string of the molecule is C[C@@H]1O[C@@H](O[C@@H]2[C@H](O)[C@@H](O)[C@H](O)O[C@@H]2C(=O)O)[C@H](O)[C@H](O)[C@H]1O. The molecule has 2 aliphatic heterocycles. The lowest BCUT2D eigenvalue weighted by Gasteiger charge is -2.44. The van der Waals surface area contributed by atoms with E-state index in [9.17, 15) is 35.4 Å². The summed E-state index contributed by atoms with van der Waals surface area (Å²) in [5, 5.41) is 67.0. The van der Waals surface area contributed by atoms with Gasteiger partial charge in [0.15, 0.2) is 18.7 Å². The van der Waals surface area contributed by atoms with Crippen molar-refractivity contribution in [3.8, 4) is 0 Å². The second-order valence-corrected chi connectivity index (χ2v) is 5.55. The number of ether oxygens (including phenoxy) is 3. The number of carboxylic acid groups (broad SMARTS) is 1. The van der Waals surface area contributed by atoms with Crippen LogP contribution in [0.15, 0.2) is 0 Å². The highest BCUT2D eigenvalue weighted by Gasteiger charge is 2.51. The van der Waals surface area contributed by atoms with Crippen LogP contribution in [-0.2, 0) is 19.0 Å². The molecule has 11 heteroatoms. The van der Waals surface area contributed by atoms with Crippen molar-refractivity contribution in [2.75, 3.05) is 0 Å². The Balaban J connectivity index is 2.16. The molecule has 0 aliphatic carbocycles. The molecule has 0 radical (unpaired) electrons. The lowest BCUT2D eigenvalue weighted by Crippen LogP contribution is -2.64. The van der Waals surface area contributed by atoms with Gasteiger partial charge in [0.1, 0.15) is 36.6 Å². The third-order valence-electron chi connectivity index (χ3n) is 3.91. The summed E-state index contributed by atoms with van der Waals surface area (Å²) >= 11 is 0. The third-order valence-corrected chi connectivity index (χ3v) is 3.91. The van der Waals surface area contributed by atoms with Crippen LogP contribution in [-0.4, -0.2) is 103 Å². The maximum atomic E-state index is 11.2. The topological polar surface area (TPSA) is 186 Å². The Labute approximate surface area is 130 Å². The molecule has 2 fully saturated rings. The first-order chi connectivity index (χ1) is 10.6. The molecule has 134 valence electrons. The molecule has 0 unspecified atom stereocenters. The van der Waals surface area contributed by atoms with E-state index in [1.54, 1.807) is 0 Å². The van der Waals surface area contributed by atoms with Crippen molar-refractivity contribution in [3.63, 3.8) is 0 Å². The highest BCUT2D eigenvalue weighted by Crippen LogP contribution is 2.28. The van der Waals surface area contributed by atoms with Crippen LogP contribution < -0.4 is 0 Å². The number of aliphatic carboxylic acids is 1. The van der Waals surface area contributed by atoms with E-state index in [2.05, 4.69) is 4.74 Å². The zero-order valence-corrected chi connectivity index (χ0v) is 12.0. The van der Waals surface area contributed by atoms with Crippen molar-refractivity contribution in [1.29, 1.82) is 0 Å². The van der Waals surface area contributed by atoms with Crippen molar-refractivity contribution < 1.29 is 54.8 Å². The molecule has 0 saturated carbocycles. The first-order valence-electron chi connectivity index (χ1n) is 6.92. The van der Waals surface area contributed by atoms with Crippen LogP contribution in [0.5, 0.6) is 0 Å². The maximum Gasteiger partial charge on any atom is 0.335 e. The van der Waals surface area contributed by atoms with Gasteiger partial charge in [0.05, 0.1) is 6.10 Å².